The van der Waals surface area contributed by atoms with Crippen LogP contribution < -0.4 is 5.20 Å². The summed E-state index contributed by atoms with van der Waals surface area (Å²) in [6.07, 6.45) is 0. The molecule has 0 saturated carbocycles. The molecule has 0 rings (SSSR count). The Labute approximate surface area is 95.1 Å². The largest absolute Gasteiger partial charge is 0.448 e. The van der Waals surface area contributed by atoms with E-state index >= 15 is 0 Å². The fraction of sp³-hybridized carbons (Fsp3) is 0.750. The van der Waals surface area contributed by atoms with Gasteiger partial charge in [0.15, 0.2) is 0 Å². The third kappa shape index (κ3) is 5.25. The van der Waals surface area contributed by atoms with Gasteiger partial charge in [0.25, 0.3) is 0 Å². The second-order valence-electron chi connectivity index (χ2n) is 2.82. The van der Waals surface area contributed by atoms with Crippen molar-refractivity contribution in [3.63, 3.8) is 0 Å². The summed E-state index contributed by atoms with van der Waals surface area (Å²) in [5.74, 6) is 0. The van der Waals surface area contributed by atoms with Crippen molar-refractivity contribution >= 4 is 19.2 Å². The Morgan fingerprint density at radius 1 is 1.25 bits per heavy atom. The van der Waals surface area contributed by atoms with Gasteiger partial charge in [0.1, 0.15) is 0 Å². The molecule has 0 saturated heterocycles. The number of oxime groups is 1. The van der Waals surface area contributed by atoms with Crippen molar-refractivity contribution in [2.45, 2.75) is 27.7 Å². The maximum absolute atomic E-state index is 11.9. The van der Waals surface area contributed by atoms with E-state index in [4.69, 9.17) is 14.3 Å². The minimum atomic E-state index is -3.40. The summed E-state index contributed by atoms with van der Waals surface area (Å²) >= 11 is 0. The van der Waals surface area contributed by atoms with Crippen LogP contribution in [0.5, 0.6) is 0 Å². The molecule has 2 N–H and O–H groups in total. The van der Waals surface area contributed by atoms with Gasteiger partial charge in [-0.25, -0.2) is 9.76 Å². The smallest absolute Gasteiger partial charge is 0.411 e. The van der Waals surface area contributed by atoms with Gasteiger partial charge in [-0.2, -0.15) is 5.10 Å². The fourth-order valence-corrected chi connectivity index (χ4v) is 1.87. The van der Waals surface area contributed by atoms with Crippen molar-refractivity contribution in [2.75, 3.05) is 13.2 Å². The Hall–Kier alpha value is -0.910. The van der Waals surface area contributed by atoms with E-state index in [0.717, 1.165) is 0 Å². The first-order valence-corrected chi connectivity index (χ1v) is 6.43. The summed E-state index contributed by atoms with van der Waals surface area (Å²) in [7, 11) is -3.40. The lowest BCUT2D eigenvalue weighted by molar-refractivity contribution is 0.211. The molecule has 0 aromatic rings. The van der Waals surface area contributed by atoms with Crippen LogP contribution in [0.3, 0.4) is 0 Å². The van der Waals surface area contributed by atoms with E-state index in [1.807, 2.05) is 0 Å². The highest BCUT2D eigenvalue weighted by atomic mass is 31.2. The fourth-order valence-electron chi connectivity index (χ4n) is 0.724. The van der Waals surface area contributed by atoms with Gasteiger partial charge in [-0.3, -0.25) is 9.05 Å². The number of hydrogen-bond acceptors (Lipinski definition) is 6. The first-order chi connectivity index (χ1) is 7.49. The molecule has 7 nitrogen and oxygen atoms in total. The van der Waals surface area contributed by atoms with E-state index in [1.165, 1.54) is 0 Å². The molecule has 0 aliphatic carbocycles. The third-order valence-corrected chi connectivity index (χ3v) is 3.15. The minimum Gasteiger partial charge on any atom is -0.411 e. The average molecular weight is 251 g/mol. The standard InChI is InChI=1S/C8H18N3O4P/c1-5-14-16(13,15-6-2)11-9-7(3)8(4)10-12/h12H,5-6H2,1-4H3,(H,11,13)/b9-7+,10-8+. The van der Waals surface area contributed by atoms with Gasteiger partial charge in [-0.15, -0.1) is 0 Å². The van der Waals surface area contributed by atoms with Gasteiger partial charge >= 0.3 is 7.75 Å². The second-order valence-corrected chi connectivity index (χ2v) is 4.53. The molecule has 0 fully saturated rings. The van der Waals surface area contributed by atoms with Crippen LogP contribution in [0.25, 0.3) is 0 Å². The van der Waals surface area contributed by atoms with Gasteiger partial charge in [0.2, 0.25) is 0 Å². The molecule has 0 atom stereocenters. The Kier molecular flexibility index (Phi) is 6.96. The van der Waals surface area contributed by atoms with E-state index < -0.39 is 7.75 Å². The zero-order chi connectivity index (χ0) is 12.6. The van der Waals surface area contributed by atoms with Crippen molar-refractivity contribution in [1.82, 2.24) is 5.20 Å². The van der Waals surface area contributed by atoms with E-state index in [9.17, 15) is 4.57 Å². The molecule has 0 amide bonds. The summed E-state index contributed by atoms with van der Waals surface area (Å²) in [6, 6.07) is 0. The summed E-state index contributed by atoms with van der Waals surface area (Å²) in [6.45, 7) is 7.05. The van der Waals surface area contributed by atoms with E-state index in [1.54, 1.807) is 27.7 Å². The maximum Gasteiger partial charge on any atom is 0.448 e. The van der Waals surface area contributed by atoms with Crippen molar-refractivity contribution in [3.8, 4) is 0 Å². The van der Waals surface area contributed by atoms with Gasteiger partial charge in [0, 0.05) is 0 Å². The van der Waals surface area contributed by atoms with Crippen molar-refractivity contribution in [2.24, 2.45) is 10.3 Å². The molecule has 0 bridgehead atoms. The molecular weight excluding hydrogens is 233 g/mol. The molecule has 0 aromatic carbocycles. The van der Waals surface area contributed by atoms with Crippen LogP contribution in [-0.2, 0) is 13.6 Å². The molecule has 0 heterocycles. The molecule has 0 aromatic heterocycles. The summed E-state index contributed by atoms with van der Waals surface area (Å²) < 4.78 is 21.8. The van der Waals surface area contributed by atoms with E-state index in [0.29, 0.717) is 11.4 Å². The number of hydrogen-bond donors (Lipinski definition) is 2. The first kappa shape index (κ1) is 15.1. The quantitative estimate of drug-likeness (QED) is 0.312. The third-order valence-electron chi connectivity index (χ3n) is 1.61. The monoisotopic (exact) mass is 251 g/mol. The van der Waals surface area contributed by atoms with E-state index in [2.05, 4.69) is 15.5 Å². The van der Waals surface area contributed by atoms with Gasteiger partial charge in [-0.05, 0) is 27.7 Å². The lowest BCUT2D eigenvalue weighted by Crippen LogP contribution is -2.14. The first-order valence-electron chi connectivity index (χ1n) is 4.88. The molecule has 0 unspecified atom stereocenters. The maximum atomic E-state index is 11.9. The van der Waals surface area contributed by atoms with Crippen molar-refractivity contribution < 1.29 is 18.8 Å². The van der Waals surface area contributed by atoms with Gasteiger partial charge in [0.05, 0.1) is 24.6 Å². The summed E-state index contributed by atoms with van der Waals surface area (Å²) in [5, 5.41) is 17.5. The number of hydrazone groups is 1. The number of rotatable bonds is 7. The highest BCUT2D eigenvalue weighted by Gasteiger charge is 2.22. The van der Waals surface area contributed by atoms with E-state index in [-0.39, 0.29) is 13.2 Å². The molecule has 0 aliphatic rings. The van der Waals surface area contributed by atoms with Crippen LogP contribution in [0.1, 0.15) is 27.7 Å². The molecule has 0 aliphatic heterocycles. The Morgan fingerprint density at radius 2 is 1.75 bits per heavy atom. The van der Waals surface area contributed by atoms with Crippen LogP contribution in [-0.4, -0.2) is 29.8 Å². The summed E-state index contributed by atoms with van der Waals surface area (Å²) in [4.78, 5) is 0. The lowest BCUT2D eigenvalue weighted by Gasteiger charge is -2.15. The van der Waals surface area contributed by atoms with Crippen molar-refractivity contribution in [3.05, 3.63) is 0 Å². The minimum absolute atomic E-state index is 0.242. The van der Waals surface area contributed by atoms with Crippen LogP contribution >= 0.6 is 7.75 Å². The van der Waals surface area contributed by atoms with Crippen molar-refractivity contribution in [1.29, 1.82) is 0 Å². The van der Waals surface area contributed by atoms with Crippen LogP contribution in [0.2, 0.25) is 0 Å². The Balaban J connectivity index is 4.60. The highest BCUT2D eigenvalue weighted by Crippen LogP contribution is 2.43. The molecular formula is C8H18N3O4P. The van der Waals surface area contributed by atoms with Crippen LogP contribution in [0.15, 0.2) is 10.3 Å². The zero-order valence-corrected chi connectivity index (χ0v) is 10.8. The van der Waals surface area contributed by atoms with Crippen LogP contribution in [0, 0.1) is 0 Å². The molecule has 94 valence electrons. The number of nitrogens with one attached hydrogen (secondary N) is 1. The predicted molar refractivity (Wildman–Crippen MR) is 62.0 cm³/mol. The Bertz CT molecular complexity index is 306. The summed E-state index contributed by atoms with van der Waals surface area (Å²) in [5.41, 5.74) is 0.703. The average Bonchev–Trinajstić information content (AvgIpc) is 2.25. The van der Waals surface area contributed by atoms with Gasteiger partial charge in [-0.1, -0.05) is 5.16 Å². The predicted octanol–water partition coefficient (Wildman–Crippen LogP) is 1.98. The highest BCUT2D eigenvalue weighted by molar-refractivity contribution is 7.51. The normalized spacial score (nSPS) is 14.0. The number of nitrogens with zero attached hydrogens (tertiary/aromatic N) is 2. The molecule has 0 radical (unpaired) electrons. The second kappa shape index (κ2) is 7.38. The molecule has 8 heteroatoms. The topological polar surface area (TPSA) is 92.5 Å². The zero-order valence-electron chi connectivity index (χ0n) is 9.93. The van der Waals surface area contributed by atoms with Gasteiger partial charge < -0.3 is 5.21 Å². The molecule has 0 spiro atoms. The molecule has 16 heavy (non-hydrogen) atoms. The SMILES string of the molecule is CCOP(=O)(N/N=C(C)/C(C)=N/O)OCC. The lowest BCUT2D eigenvalue weighted by atomic mass is 10.3. The Morgan fingerprint density at radius 3 is 2.12 bits per heavy atom. The van der Waals surface area contributed by atoms with Crippen LogP contribution in [0.4, 0.5) is 0 Å².